The van der Waals surface area contributed by atoms with Gasteiger partial charge in [-0.1, -0.05) is 54.9 Å². The number of hydrogen-bond acceptors (Lipinski definition) is 4. The second-order valence-electron chi connectivity index (χ2n) is 17.7. The van der Waals surface area contributed by atoms with Crippen molar-refractivity contribution < 1.29 is 14.6 Å². The van der Waals surface area contributed by atoms with Gasteiger partial charge >= 0.3 is 5.97 Å². The lowest BCUT2D eigenvalue weighted by atomic mass is 9.32. The van der Waals surface area contributed by atoms with Crippen LogP contribution in [0.2, 0.25) is 0 Å². The third-order valence-electron chi connectivity index (χ3n) is 15.8. The summed E-state index contributed by atoms with van der Waals surface area (Å²) in [4.78, 5) is 16.7. The molecule has 0 aromatic heterocycles. The Balaban J connectivity index is 1.27. The van der Waals surface area contributed by atoms with Crippen molar-refractivity contribution in [2.45, 2.75) is 138 Å². The Hall–Kier alpha value is -0.610. The molecular weight excluding hydrogens is 506 g/mol. The molecule has 0 bridgehead atoms. The maximum atomic E-state index is 14.2. The molecule has 0 radical (unpaired) electrons. The standard InChI is InChI=1S/C37H63NO3/c1-25(2)26-13-18-37(32(40)41-24-23-38-21-9-8-10-22-38)20-19-35(6)27(31(26)37)11-12-29-34(5)16-15-30(39)33(3,4)28(34)14-17-36(29,35)7/h25-31,39H,8-24H2,1-7H3/t26-,27+,28-,29+,30-,31+,34-,35+,36+,37-/m0/s1. The van der Waals surface area contributed by atoms with Crippen LogP contribution >= 0.6 is 0 Å². The van der Waals surface area contributed by atoms with Crippen LogP contribution in [0, 0.1) is 62.6 Å². The summed E-state index contributed by atoms with van der Waals surface area (Å²) in [6.07, 6.45) is 15.4. The summed E-state index contributed by atoms with van der Waals surface area (Å²) >= 11 is 0. The van der Waals surface area contributed by atoms with E-state index in [0.717, 1.165) is 38.9 Å². The van der Waals surface area contributed by atoms with Gasteiger partial charge in [0, 0.05) is 6.54 Å². The number of ether oxygens (including phenoxy) is 1. The minimum atomic E-state index is -0.262. The zero-order valence-corrected chi connectivity index (χ0v) is 27.8. The SMILES string of the molecule is CC(C)[C@@H]1CC[C@]2(C(=O)OCCN3CCCCC3)CC[C@]3(C)[C@H](CC[C@@H]4[C@@]5(C)CC[C@H](O)C(C)(C)[C@@H]5CC[C@]43C)[C@@H]12. The van der Waals surface area contributed by atoms with Crippen LogP contribution < -0.4 is 0 Å². The molecule has 5 saturated carbocycles. The molecule has 6 rings (SSSR count). The Kier molecular flexibility index (Phi) is 7.78. The first-order chi connectivity index (χ1) is 19.3. The van der Waals surface area contributed by atoms with Gasteiger partial charge in [0.05, 0.1) is 11.5 Å². The van der Waals surface area contributed by atoms with E-state index in [2.05, 4.69) is 53.4 Å². The van der Waals surface area contributed by atoms with Crippen molar-refractivity contribution in [3.63, 3.8) is 0 Å². The van der Waals surface area contributed by atoms with E-state index in [1.807, 2.05) is 0 Å². The third kappa shape index (κ3) is 4.36. The highest BCUT2D eigenvalue weighted by atomic mass is 16.5. The molecule has 10 atom stereocenters. The van der Waals surface area contributed by atoms with Gasteiger partial charge in [0.1, 0.15) is 6.61 Å². The highest BCUT2D eigenvalue weighted by Crippen LogP contribution is 2.77. The van der Waals surface area contributed by atoms with Gasteiger partial charge in [-0.25, -0.2) is 0 Å². The highest BCUT2D eigenvalue weighted by Gasteiger charge is 2.72. The summed E-state index contributed by atoms with van der Waals surface area (Å²) in [7, 11) is 0. The quantitative estimate of drug-likeness (QED) is 0.340. The van der Waals surface area contributed by atoms with E-state index in [1.54, 1.807) is 0 Å². The Morgan fingerprint density at radius 3 is 2.27 bits per heavy atom. The van der Waals surface area contributed by atoms with Crippen LogP contribution in [0.3, 0.4) is 0 Å². The van der Waals surface area contributed by atoms with E-state index in [-0.39, 0.29) is 28.3 Å². The summed E-state index contributed by atoms with van der Waals surface area (Å²) in [6.45, 7) is 21.3. The van der Waals surface area contributed by atoms with Gasteiger partial charge in [0.25, 0.3) is 0 Å². The molecule has 4 heteroatoms. The number of carbonyl (C=O) groups is 1. The molecule has 1 N–H and O–H groups in total. The Morgan fingerprint density at radius 1 is 0.829 bits per heavy atom. The van der Waals surface area contributed by atoms with Gasteiger partial charge in [-0.3, -0.25) is 9.69 Å². The molecule has 6 aliphatic rings. The minimum absolute atomic E-state index is 0.0000518. The van der Waals surface area contributed by atoms with Crippen molar-refractivity contribution >= 4 is 5.97 Å². The molecule has 0 aromatic carbocycles. The van der Waals surface area contributed by atoms with E-state index in [9.17, 15) is 9.90 Å². The number of aliphatic hydroxyl groups excluding tert-OH is 1. The smallest absolute Gasteiger partial charge is 0.312 e. The zero-order valence-electron chi connectivity index (χ0n) is 27.8. The zero-order chi connectivity index (χ0) is 29.4. The molecule has 0 spiro atoms. The molecule has 4 nitrogen and oxygen atoms in total. The lowest BCUT2D eigenvalue weighted by Crippen LogP contribution is -2.67. The van der Waals surface area contributed by atoms with Gasteiger partial charge in [-0.2, -0.15) is 0 Å². The van der Waals surface area contributed by atoms with Gasteiger partial charge in [0.15, 0.2) is 0 Å². The van der Waals surface area contributed by atoms with Crippen LogP contribution in [0.25, 0.3) is 0 Å². The number of likely N-dealkylation sites (tertiary alicyclic amines) is 1. The van der Waals surface area contributed by atoms with Crippen molar-refractivity contribution in [3.8, 4) is 0 Å². The number of carbonyl (C=O) groups excluding carboxylic acids is 1. The fraction of sp³-hybridized carbons (Fsp3) is 0.973. The summed E-state index contributed by atoms with van der Waals surface area (Å²) in [5.41, 5.74) is 0.610. The van der Waals surface area contributed by atoms with E-state index in [4.69, 9.17) is 4.74 Å². The average Bonchev–Trinajstić information content (AvgIpc) is 3.33. The fourth-order valence-electron chi connectivity index (χ4n) is 13.3. The number of rotatable bonds is 5. The Labute approximate surface area is 252 Å². The molecule has 234 valence electrons. The van der Waals surface area contributed by atoms with Crippen LogP contribution in [-0.2, 0) is 9.53 Å². The molecule has 41 heavy (non-hydrogen) atoms. The minimum Gasteiger partial charge on any atom is -0.464 e. The van der Waals surface area contributed by atoms with Gasteiger partial charge in [-0.15, -0.1) is 0 Å². The topological polar surface area (TPSA) is 49.8 Å². The summed E-state index contributed by atoms with van der Waals surface area (Å²) in [5, 5.41) is 11.0. The van der Waals surface area contributed by atoms with E-state index in [1.165, 1.54) is 64.2 Å². The molecule has 1 saturated heterocycles. The normalized spacial score (nSPS) is 49.5. The number of fused-ring (bicyclic) bond motifs is 7. The van der Waals surface area contributed by atoms with Gasteiger partial charge in [0.2, 0.25) is 0 Å². The van der Waals surface area contributed by atoms with E-state index in [0.29, 0.717) is 52.9 Å². The van der Waals surface area contributed by atoms with Crippen LogP contribution in [-0.4, -0.2) is 48.3 Å². The van der Waals surface area contributed by atoms with Crippen LogP contribution in [0.1, 0.15) is 132 Å². The molecule has 5 aliphatic carbocycles. The van der Waals surface area contributed by atoms with Crippen LogP contribution in [0.4, 0.5) is 0 Å². The van der Waals surface area contributed by atoms with Gasteiger partial charge < -0.3 is 9.84 Å². The van der Waals surface area contributed by atoms with Crippen molar-refractivity contribution in [2.75, 3.05) is 26.2 Å². The first kappa shape index (κ1) is 30.4. The van der Waals surface area contributed by atoms with E-state index >= 15 is 0 Å². The predicted octanol–water partition coefficient (Wildman–Crippen LogP) is 8.11. The van der Waals surface area contributed by atoms with Crippen LogP contribution in [0.5, 0.6) is 0 Å². The van der Waals surface area contributed by atoms with Crippen molar-refractivity contribution in [1.82, 2.24) is 4.90 Å². The van der Waals surface area contributed by atoms with Crippen LogP contribution in [0.15, 0.2) is 0 Å². The summed E-state index contributed by atoms with van der Waals surface area (Å²) < 4.78 is 6.28. The first-order valence-electron chi connectivity index (χ1n) is 17.9. The molecule has 0 amide bonds. The molecule has 0 aromatic rings. The average molecular weight is 570 g/mol. The first-order valence-corrected chi connectivity index (χ1v) is 17.9. The van der Waals surface area contributed by atoms with Crippen molar-refractivity contribution in [2.24, 2.45) is 62.6 Å². The maximum Gasteiger partial charge on any atom is 0.312 e. The number of aliphatic hydroxyl groups is 1. The summed E-state index contributed by atoms with van der Waals surface area (Å²) in [5.74, 6) is 3.81. The molecule has 1 heterocycles. The summed E-state index contributed by atoms with van der Waals surface area (Å²) in [6, 6.07) is 0. The second-order valence-corrected chi connectivity index (χ2v) is 17.7. The second kappa shape index (κ2) is 10.5. The fourth-order valence-corrected chi connectivity index (χ4v) is 13.3. The lowest BCUT2D eigenvalue weighted by Gasteiger charge is -2.72. The number of hydrogen-bond donors (Lipinski definition) is 1. The number of esters is 1. The maximum absolute atomic E-state index is 14.2. The molecular formula is C37H63NO3. The molecule has 0 unspecified atom stereocenters. The van der Waals surface area contributed by atoms with E-state index < -0.39 is 0 Å². The Bertz CT molecular complexity index is 987. The number of nitrogens with zero attached hydrogens (tertiary/aromatic N) is 1. The van der Waals surface area contributed by atoms with Crippen molar-refractivity contribution in [1.29, 1.82) is 0 Å². The monoisotopic (exact) mass is 569 g/mol. The predicted molar refractivity (Wildman–Crippen MR) is 166 cm³/mol. The molecule has 6 fully saturated rings. The highest BCUT2D eigenvalue weighted by molar-refractivity contribution is 5.78. The lowest BCUT2D eigenvalue weighted by molar-refractivity contribution is -0.250. The Morgan fingerprint density at radius 2 is 1.56 bits per heavy atom. The molecule has 1 aliphatic heterocycles. The van der Waals surface area contributed by atoms with Crippen molar-refractivity contribution in [3.05, 3.63) is 0 Å². The number of piperidine rings is 1. The van der Waals surface area contributed by atoms with Gasteiger partial charge in [-0.05, 0) is 147 Å². The largest absolute Gasteiger partial charge is 0.464 e. The third-order valence-corrected chi connectivity index (χ3v) is 15.8.